The van der Waals surface area contributed by atoms with Gasteiger partial charge in [-0.3, -0.25) is 0 Å². The number of thioether (sulfide) groups is 1. The van der Waals surface area contributed by atoms with Crippen LogP contribution >= 0.6 is 24.0 Å². The van der Waals surface area contributed by atoms with Gasteiger partial charge in [0.1, 0.15) is 0 Å². The summed E-state index contributed by atoms with van der Waals surface area (Å²) in [6.07, 6.45) is 1.69. The highest BCUT2D eigenvalue weighted by atomic mass is 32.2. The predicted octanol–water partition coefficient (Wildman–Crippen LogP) is 3.17. The number of benzene rings is 1. The van der Waals surface area contributed by atoms with Crippen LogP contribution in [0.3, 0.4) is 0 Å². The summed E-state index contributed by atoms with van der Waals surface area (Å²) in [6.45, 7) is 0.801. The highest BCUT2D eigenvalue weighted by molar-refractivity contribution is 7.99. The summed E-state index contributed by atoms with van der Waals surface area (Å²) in [4.78, 5) is 5.37. The highest BCUT2D eigenvalue weighted by Gasteiger charge is 1.99. The van der Waals surface area contributed by atoms with Gasteiger partial charge in [-0.05, 0) is 30.4 Å². The van der Waals surface area contributed by atoms with Crippen LogP contribution < -0.4 is 15.4 Å². The van der Waals surface area contributed by atoms with Crippen molar-refractivity contribution >= 4 is 34.8 Å². The molecular weight excluding hydrogens is 302 g/mol. The van der Waals surface area contributed by atoms with Gasteiger partial charge in [-0.25, -0.2) is 4.98 Å². The second-order valence-corrected chi connectivity index (χ2v) is 5.71. The van der Waals surface area contributed by atoms with Crippen LogP contribution in [0.2, 0.25) is 0 Å². The van der Waals surface area contributed by atoms with E-state index in [4.69, 9.17) is 17.0 Å². The largest absolute Gasteiger partial charge is 0.481 e. The summed E-state index contributed by atoms with van der Waals surface area (Å²) < 4.78 is 5.01. The lowest BCUT2D eigenvalue weighted by Crippen LogP contribution is -2.30. The molecule has 6 heteroatoms. The van der Waals surface area contributed by atoms with E-state index in [9.17, 15) is 0 Å². The van der Waals surface area contributed by atoms with E-state index < -0.39 is 0 Å². The third kappa shape index (κ3) is 5.61. The Bertz CT molecular complexity index is 561. The van der Waals surface area contributed by atoms with E-state index in [1.165, 1.54) is 4.90 Å². The minimum absolute atomic E-state index is 0.582. The quantitative estimate of drug-likeness (QED) is 0.484. The normalized spacial score (nSPS) is 9.95. The fourth-order valence-electron chi connectivity index (χ4n) is 1.60. The highest BCUT2D eigenvalue weighted by Crippen LogP contribution is 2.15. The van der Waals surface area contributed by atoms with Gasteiger partial charge in [0.15, 0.2) is 5.11 Å². The molecular formula is C15H17N3OS2. The zero-order valence-electron chi connectivity index (χ0n) is 11.7. The number of methoxy groups -OCH3 is 1. The molecule has 0 fully saturated rings. The number of nitrogens with zero attached hydrogens (tertiary/aromatic N) is 1. The van der Waals surface area contributed by atoms with E-state index in [2.05, 4.69) is 27.8 Å². The van der Waals surface area contributed by atoms with Crippen LogP contribution in [-0.4, -0.2) is 29.5 Å². The Hall–Kier alpha value is -1.79. The number of aromatic nitrogens is 1. The third-order valence-corrected chi connectivity index (χ3v) is 3.86. The van der Waals surface area contributed by atoms with E-state index in [-0.39, 0.29) is 0 Å². The number of anilines is 1. The molecule has 0 aliphatic carbocycles. The summed E-state index contributed by atoms with van der Waals surface area (Å²) in [5, 5.41) is 6.85. The average molecular weight is 319 g/mol. The molecule has 1 heterocycles. The number of hydrogen-bond donors (Lipinski definition) is 2. The average Bonchev–Trinajstić information content (AvgIpc) is 2.53. The number of hydrogen-bond acceptors (Lipinski definition) is 4. The van der Waals surface area contributed by atoms with Gasteiger partial charge >= 0.3 is 0 Å². The van der Waals surface area contributed by atoms with Gasteiger partial charge < -0.3 is 15.4 Å². The number of rotatable bonds is 6. The zero-order valence-corrected chi connectivity index (χ0v) is 13.3. The van der Waals surface area contributed by atoms with Crippen molar-refractivity contribution in [1.29, 1.82) is 0 Å². The van der Waals surface area contributed by atoms with Crippen molar-refractivity contribution in [3.63, 3.8) is 0 Å². The maximum atomic E-state index is 5.24. The Kier molecular flexibility index (Phi) is 6.30. The molecule has 1 aromatic carbocycles. The van der Waals surface area contributed by atoms with Crippen molar-refractivity contribution in [3.8, 4) is 5.88 Å². The lowest BCUT2D eigenvalue weighted by atomic mass is 10.4. The minimum atomic E-state index is 0.582. The predicted molar refractivity (Wildman–Crippen MR) is 92.2 cm³/mol. The van der Waals surface area contributed by atoms with Gasteiger partial charge in [-0.2, -0.15) is 0 Å². The first-order valence-electron chi connectivity index (χ1n) is 6.50. The third-order valence-electron chi connectivity index (χ3n) is 2.60. The number of nitrogens with one attached hydrogen (secondary N) is 2. The molecule has 21 heavy (non-hydrogen) atoms. The fraction of sp³-hybridized carbons (Fsp3) is 0.200. The Morgan fingerprint density at radius 2 is 2.05 bits per heavy atom. The first-order chi connectivity index (χ1) is 10.3. The first-order valence-corrected chi connectivity index (χ1v) is 7.90. The Balaban J connectivity index is 1.67. The van der Waals surface area contributed by atoms with Crippen LogP contribution in [0.15, 0.2) is 53.6 Å². The van der Waals surface area contributed by atoms with Crippen molar-refractivity contribution in [2.75, 3.05) is 24.7 Å². The zero-order chi connectivity index (χ0) is 14.9. The Morgan fingerprint density at radius 1 is 1.24 bits per heavy atom. The molecule has 4 nitrogen and oxygen atoms in total. The molecule has 0 aliphatic heterocycles. The summed E-state index contributed by atoms with van der Waals surface area (Å²) in [7, 11) is 1.59. The molecule has 1 aromatic heterocycles. The Morgan fingerprint density at radius 3 is 2.71 bits per heavy atom. The van der Waals surface area contributed by atoms with Crippen molar-refractivity contribution < 1.29 is 4.74 Å². The van der Waals surface area contributed by atoms with Gasteiger partial charge in [0.25, 0.3) is 0 Å². The number of ether oxygens (including phenoxy) is 1. The maximum Gasteiger partial charge on any atom is 0.213 e. The Labute approximate surface area is 134 Å². The molecule has 0 saturated carbocycles. The molecule has 0 aliphatic rings. The second kappa shape index (κ2) is 8.49. The standard InChI is InChI=1S/C15H17N3OS2/c1-19-14-8-7-12(11-17-14)18-15(20)16-9-10-21-13-5-3-2-4-6-13/h2-8,11H,9-10H2,1H3,(H2,16,18,20). The molecule has 110 valence electrons. The summed E-state index contributed by atoms with van der Waals surface area (Å²) in [5.74, 6) is 1.53. The van der Waals surface area contributed by atoms with Crippen molar-refractivity contribution in [2.45, 2.75) is 4.90 Å². The topological polar surface area (TPSA) is 46.2 Å². The monoisotopic (exact) mass is 319 g/mol. The van der Waals surface area contributed by atoms with E-state index in [1.807, 2.05) is 24.3 Å². The van der Waals surface area contributed by atoms with Crippen LogP contribution in [0, 0.1) is 0 Å². The molecule has 2 rings (SSSR count). The molecule has 0 spiro atoms. The molecule has 0 unspecified atom stereocenters. The van der Waals surface area contributed by atoms with E-state index in [1.54, 1.807) is 31.1 Å². The molecule has 0 radical (unpaired) electrons. The van der Waals surface area contributed by atoms with E-state index in [0.717, 1.165) is 18.0 Å². The van der Waals surface area contributed by atoms with Crippen LogP contribution in [0.4, 0.5) is 5.69 Å². The fourth-order valence-corrected chi connectivity index (χ4v) is 2.61. The lowest BCUT2D eigenvalue weighted by Gasteiger charge is -2.10. The van der Waals surface area contributed by atoms with Gasteiger partial charge in [0.2, 0.25) is 5.88 Å². The van der Waals surface area contributed by atoms with E-state index in [0.29, 0.717) is 11.0 Å². The first kappa shape index (κ1) is 15.6. The molecule has 2 N–H and O–H groups in total. The van der Waals surface area contributed by atoms with Crippen LogP contribution in [0.25, 0.3) is 0 Å². The summed E-state index contributed by atoms with van der Waals surface area (Å²) in [5.41, 5.74) is 0.837. The maximum absolute atomic E-state index is 5.24. The summed E-state index contributed by atoms with van der Waals surface area (Å²) >= 11 is 7.03. The molecule has 0 amide bonds. The van der Waals surface area contributed by atoms with E-state index >= 15 is 0 Å². The summed E-state index contributed by atoms with van der Waals surface area (Å²) in [6, 6.07) is 14.0. The lowest BCUT2D eigenvalue weighted by molar-refractivity contribution is 0.398. The second-order valence-electron chi connectivity index (χ2n) is 4.13. The van der Waals surface area contributed by atoms with Crippen LogP contribution in [-0.2, 0) is 0 Å². The molecule has 0 atom stereocenters. The number of thiocarbonyl (C=S) groups is 1. The van der Waals surface area contributed by atoms with Crippen molar-refractivity contribution in [1.82, 2.24) is 10.3 Å². The molecule has 2 aromatic rings. The van der Waals surface area contributed by atoms with Crippen LogP contribution in [0.5, 0.6) is 5.88 Å². The van der Waals surface area contributed by atoms with Gasteiger partial charge in [0.05, 0.1) is 19.0 Å². The van der Waals surface area contributed by atoms with Gasteiger partial charge in [-0.15, -0.1) is 11.8 Å². The number of pyridine rings is 1. The minimum Gasteiger partial charge on any atom is -0.481 e. The van der Waals surface area contributed by atoms with Crippen molar-refractivity contribution in [2.24, 2.45) is 0 Å². The van der Waals surface area contributed by atoms with Crippen molar-refractivity contribution in [3.05, 3.63) is 48.7 Å². The SMILES string of the molecule is COc1ccc(NC(=S)NCCSc2ccccc2)cn1. The molecule has 0 saturated heterocycles. The molecule has 0 bridgehead atoms. The smallest absolute Gasteiger partial charge is 0.213 e. The van der Waals surface area contributed by atoms with Crippen LogP contribution in [0.1, 0.15) is 0 Å². The van der Waals surface area contributed by atoms with Gasteiger partial charge in [0, 0.05) is 23.3 Å². The van der Waals surface area contributed by atoms with Gasteiger partial charge in [-0.1, -0.05) is 18.2 Å².